The lowest BCUT2D eigenvalue weighted by Gasteiger charge is -2.04. The number of nitriles is 1. The van der Waals surface area contributed by atoms with Crippen LogP contribution in [0.15, 0.2) is 18.2 Å². The molecule has 0 bridgehead atoms. The highest BCUT2D eigenvalue weighted by molar-refractivity contribution is 5.95. The summed E-state index contributed by atoms with van der Waals surface area (Å²) in [7, 11) is 0. The predicted octanol–water partition coefficient (Wildman–Crippen LogP) is 1.39. The number of hydrogen-bond donors (Lipinski definition) is 1. The quantitative estimate of drug-likeness (QED) is 0.720. The molecule has 1 aromatic rings. The van der Waals surface area contributed by atoms with E-state index < -0.39 is 0 Å². The predicted molar refractivity (Wildman–Crippen MR) is 49.1 cm³/mol. The van der Waals surface area contributed by atoms with Gasteiger partial charge in [-0.05, 0) is 30.7 Å². The van der Waals surface area contributed by atoms with Gasteiger partial charge in [0.15, 0.2) is 0 Å². The zero-order chi connectivity index (χ0) is 10.6. The van der Waals surface area contributed by atoms with Crippen LogP contribution in [0.2, 0.25) is 0 Å². The van der Waals surface area contributed by atoms with E-state index in [1.165, 1.54) is 18.2 Å². The Bertz CT molecular complexity index is 396. The van der Waals surface area contributed by atoms with Crippen LogP contribution < -0.4 is 5.32 Å². The molecule has 0 saturated heterocycles. The van der Waals surface area contributed by atoms with Gasteiger partial charge in [0.2, 0.25) is 0 Å². The summed E-state index contributed by atoms with van der Waals surface area (Å²) < 4.78 is 12.7. The number of nitrogens with one attached hydrogen (secondary N) is 1. The molecule has 0 aliphatic carbocycles. The minimum absolute atomic E-state index is 0.0460. The standard InChI is InChI=1S/C10H9FN2O/c1-7-6-8(11)2-3-9(7)10(14)13-5-4-12/h2-3,6H,5H2,1H3,(H,13,14). The first kappa shape index (κ1) is 10.2. The second-order valence-corrected chi connectivity index (χ2v) is 2.80. The molecule has 1 N–H and O–H groups in total. The summed E-state index contributed by atoms with van der Waals surface area (Å²) in [5, 5.41) is 10.6. The SMILES string of the molecule is Cc1cc(F)ccc1C(=O)NCC#N. The molecule has 1 aromatic carbocycles. The zero-order valence-electron chi connectivity index (χ0n) is 7.67. The van der Waals surface area contributed by atoms with E-state index in [9.17, 15) is 9.18 Å². The number of carbonyl (C=O) groups is 1. The van der Waals surface area contributed by atoms with Crippen LogP contribution in [0.25, 0.3) is 0 Å². The normalized spacial score (nSPS) is 9.21. The van der Waals surface area contributed by atoms with Crippen molar-refractivity contribution < 1.29 is 9.18 Å². The lowest BCUT2D eigenvalue weighted by molar-refractivity contribution is 0.0958. The third-order valence-corrected chi connectivity index (χ3v) is 1.76. The molecular weight excluding hydrogens is 183 g/mol. The summed E-state index contributed by atoms with van der Waals surface area (Å²) in [5.74, 6) is -0.733. The van der Waals surface area contributed by atoms with Gasteiger partial charge >= 0.3 is 0 Å². The van der Waals surface area contributed by atoms with Gasteiger partial charge < -0.3 is 5.32 Å². The van der Waals surface area contributed by atoms with E-state index in [0.717, 1.165) is 0 Å². The average molecular weight is 192 g/mol. The zero-order valence-corrected chi connectivity index (χ0v) is 7.67. The molecular formula is C10H9FN2O. The van der Waals surface area contributed by atoms with E-state index in [0.29, 0.717) is 11.1 Å². The van der Waals surface area contributed by atoms with E-state index >= 15 is 0 Å². The number of hydrogen-bond acceptors (Lipinski definition) is 2. The summed E-state index contributed by atoms with van der Waals surface area (Å²) in [6, 6.07) is 5.69. The third kappa shape index (κ3) is 2.30. The van der Waals surface area contributed by atoms with Gasteiger partial charge in [0.05, 0.1) is 6.07 Å². The molecule has 0 heterocycles. The molecule has 14 heavy (non-hydrogen) atoms. The maximum absolute atomic E-state index is 12.7. The fraction of sp³-hybridized carbons (Fsp3) is 0.200. The molecule has 4 heteroatoms. The maximum atomic E-state index is 12.7. The monoisotopic (exact) mass is 192 g/mol. The van der Waals surface area contributed by atoms with Gasteiger partial charge in [0.25, 0.3) is 5.91 Å². The molecule has 1 amide bonds. The first-order valence-electron chi connectivity index (χ1n) is 4.06. The Morgan fingerprint density at radius 2 is 2.36 bits per heavy atom. The van der Waals surface area contributed by atoms with Crippen molar-refractivity contribution in [3.63, 3.8) is 0 Å². The van der Waals surface area contributed by atoms with Gasteiger partial charge in [-0.15, -0.1) is 0 Å². The average Bonchev–Trinajstić information content (AvgIpc) is 2.14. The Hall–Kier alpha value is -1.89. The topological polar surface area (TPSA) is 52.9 Å². The van der Waals surface area contributed by atoms with Gasteiger partial charge in [-0.25, -0.2) is 4.39 Å². The molecule has 0 aromatic heterocycles. The van der Waals surface area contributed by atoms with Crippen LogP contribution in [0.5, 0.6) is 0 Å². The van der Waals surface area contributed by atoms with Gasteiger partial charge in [0, 0.05) is 5.56 Å². The maximum Gasteiger partial charge on any atom is 0.252 e. The minimum Gasteiger partial charge on any atom is -0.339 e. The van der Waals surface area contributed by atoms with E-state index in [4.69, 9.17) is 5.26 Å². The molecule has 3 nitrogen and oxygen atoms in total. The Kier molecular flexibility index (Phi) is 3.19. The number of aryl methyl sites for hydroxylation is 1. The second kappa shape index (κ2) is 4.38. The number of benzene rings is 1. The van der Waals surface area contributed by atoms with Crippen LogP contribution in [-0.2, 0) is 0 Å². The molecule has 72 valence electrons. The van der Waals surface area contributed by atoms with E-state index in [1.54, 1.807) is 13.0 Å². The number of carbonyl (C=O) groups excluding carboxylic acids is 1. The first-order valence-corrected chi connectivity index (χ1v) is 4.06. The highest BCUT2D eigenvalue weighted by atomic mass is 19.1. The van der Waals surface area contributed by atoms with Crippen LogP contribution in [0.4, 0.5) is 4.39 Å². The number of nitrogens with zero attached hydrogens (tertiary/aromatic N) is 1. The summed E-state index contributed by atoms with van der Waals surface area (Å²) in [6.07, 6.45) is 0. The summed E-state index contributed by atoms with van der Waals surface area (Å²) in [5.41, 5.74) is 0.946. The highest BCUT2D eigenvalue weighted by Crippen LogP contribution is 2.09. The van der Waals surface area contributed by atoms with Gasteiger partial charge in [-0.2, -0.15) is 5.26 Å². The molecule has 0 aliphatic rings. The van der Waals surface area contributed by atoms with E-state index in [-0.39, 0.29) is 18.3 Å². The van der Waals surface area contributed by atoms with Crippen LogP contribution >= 0.6 is 0 Å². The Morgan fingerprint density at radius 3 is 2.93 bits per heavy atom. The molecule has 0 radical (unpaired) electrons. The largest absolute Gasteiger partial charge is 0.339 e. The van der Waals surface area contributed by atoms with Gasteiger partial charge in [-0.3, -0.25) is 4.79 Å². The van der Waals surface area contributed by atoms with Crippen LogP contribution in [0, 0.1) is 24.1 Å². The smallest absolute Gasteiger partial charge is 0.252 e. The Labute approximate surface area is 81.2 Å². The number of halogens is 1. The fourth-order valence-electron chi connectivity index (χ4n) is 1.10. The molecule has 0 spiro atoms. The fourth-order valence-corrected chi connectivity index (χ4v) is 1.10. The van der Waals surface area contributed by atoms with Crippen molar-refractivity contribution in [3.8, 4) is 6.07 Å². The molecule has 0 atom stereocenters. The Morgan fingerprint density at radius 1 is 1.64 bits per heavy atom. The van der Waals surface area contributed by atoms with E-state index in [2.05, 4.69) is 5.32 Å². The van der Waals surface area contributed by atoms with Crippen LogP contribution in [0.3, 0.4) is 0 Å². The third-order valence-electron chi connectivity index (χ3n) is 1.76. The van der Waals surface area contributed by atoms with Crippen LogP contribution in [0.1, 0.15) is 15.9 Å². The van der Waals surface area contributed by atoms with Crippen molar-refractivity contribution in [2.45, 2.75) is 6.92 Å². The highest BCUT2D eigenvalue weighted by Gasteiger charge is 2.08. The van der Waals surface area contributed by atoms with Crippen LogP contribution in [-0.4, -0.2) is 12.5 Å². The van der Waals surface area contributed by atoms with Crippen molar-refractivity contribution in [2.24, 2.45) is 0 Å². The van der Waals surface area contributed by atoms with Gasteiger partial charge in [-0.1, -0.05) is 0 Å². The second-order valence-electron chi connectivity index (χ2n) is 2.80. The molecule has 0 fully saturated rings. The van der Waals surface area contributed by atoms with Crippen molar-refractivity contribution in [1.82, 2.24) is 5.32 Å². The van der Waals surface area contributed by atoms with E-state index in [1.807, 2.05) is 0 Å². The number of amides is 1. The molecule has 0 saturated carbocycles. The molecule has 0 unspecified atom stereocenters. The number of rotatable bonds is 2. The van der Waals surface area contributed by atoms with Crippen molar-refractivity contribution in [2.75, 3.05) is 6.54 Å². The minimum atomic E-state index is -0.376. The summed E-state index contributed by atoms with van der Waals surface area (Å²) >= 11 is 0. The lowest BCUT2D eigenvalue weighted by Crippen LogP contribution is -2.24. The van der Waals surface area contributed by atoms with Crippen molar-refractivity contribution >= 4 is 5.91 Å². The van der Waals surface area contributed by atoms with Gasteiger partial charge in [0.1, 0.15) is 12.4 Å². The summed E-state index contributed by atoms with van der Waals surface area (Å²) in [4.78, 5) is 11.4. The first-order chi connectivity index (χ1) is 6.65. The summed E-state index contributed by atoms with van der Waals surface area (Å²) in [6.45, 7) is 1.60. The molecule has 1 rings (SSSR count). The molecule has 0 aliphatic heterocycles. The lowest BCUT2D eigenvalue weighted by atomic mass is 10.1. The van der Waals surface area contributed by atoms with Crippen molar-refractivity contribution in [3.05, 3.63) is 35.1 Å². The van der Waals surface area contributed by atoms with Crippen molar-refractivity contribution in [1.29, 1.82) is 5.26 Å². The Balaban J connectivity index is 2.86.